The summed E-state index contributed by atoms with van der Waals surface area (Å²) in [5.41, 5.74) is 0. The number of rotatable bonds is 29. The highest BCUT2D eigenvalue weighted by atomic mass is 32.3. The van der Waals surface area contributed by atoms with Crippen molar-refractivity contribution in [1.29, 1.82) is 0 Å². The smallest absolute Gasteiger partial charge is 0.341 e. The Labute approximate surface area is 436 Å². The van der Waals surface area contributed by atoms with E-state index >= 15 is 0 Å². The zero-order valence-corrected chi connectivity index (χ0v) is 44.7. The fourth-order valence-electron chi connectivity index (χ4n) is 6.27. The van der Waals surface area contributed by atoms with E-state index in [9.17, 15) is 134 Å². The molecule has 60 heteroatoms. The minimum atomic E-state index is -6.58. The highest BCUT2D eigenvalue weighted by molar-refractivity contribution is 7.83. The second-order valence-corrected chi connectivity index (χ2v) is 25.6. The Balaban J connectivity index is 2.52. The first-order valence-electron chi connectivity index (χ1n) is 17.8. The van der Waals surface area contributed by atoms with Crippen LogP contribution in [0.1, 0.15) is 0 Å². The molecule has 3 saturated heterocycles. The summed E-state index contributed by atoms with van der Waals surface area (Å²) < 4.78 is 438. The van der Waals surface area contributed by atoms with Crippen molar-refractivity contribution in [3.63, 3.8) is 0 Å². The number of hydrogen-bond donors (Lipinski definition) is 11. The van der Waals surface area contributed by atoms with Crippen LogP contribution in [-0.4, -0.2) is 255 Å². The molecule has 3 fully saturated rings. The minimum absolute atomic E-state index is 2.09. The van der Waals surface area contributed by atoms with Gasteiger partial charge in [-0.3, -0.25) is 50.1 Å². The topological polar surface area (TPSA) is 746 Å². The second-order valence-electron chi connectivity index (χ2n) is 13.9. The molecular formula is C18H32O49S11. The first-order valence-corrected chi connectivity index (χ1v) is 32.9. The maximum atomic E-state index is 12.4. The van der Waals surface area contributed by atoms with Gasteiger partial charge in [0.2, 0.25) is 0 Å². The van der Waals surface area contributed by atoms with Crippen LogP contribution in [0.2, 0.25) is 0 Å². The van der Waals surface area contributed by atoms with Crippen LogP contribution in [0.15, 0.2) is 0 Å². The molecule has 11 N–H and O–H groups in total. The van der Waals surface area contributed by atoms with Crippen LogP contribution in [0.4, 0.5) is 0 Å². The number of hydrogen-bond acceptors (Lipinski definition) is 38. The summed E-state index contributed by atoms with van der Waals surface area (Å²) in [6.07, 6.45) is -52.2. The van der Waals surface area contributed by atoms with Crippen molar-refractivity contribution in [3.05, 3.63) is 0 Å². The van der Waals surface area contributed by atoms with Gasteiger partial charge in [-0.15, -0.1) is 0 Å². The van der Waals surface area contributed by atoms with E-state index in [4.69, 9.17) is 32.8 Å². The molecule has 3 aliphatic heterocycles. The molecule has 0 aromatic carbocycles. The van der Waals surface area contributed by atoms with Crippen molar-refractivity contribution in [3.8, 4) is 0 Å². The van der Waals surface area contributed by atoms with E-state index in [0.717, 1.165) is 0 Å². The van der Waals surface area contributed by atoms with Crippen LogP contribution < -0.4 is 0 Å². The predicted octanol–water partition coefficient (Wildman–Crippen LogP) is -9.47. The Morgan fingerprint density at radius 3 is 0.628 bits per heavy atom. The third kappa shape index (κ3) is 25.9. The van der Waals surface area contributed by atoms with Crippen LogP contribution in [0.3, 0.4) is 0 Å². The summed E-state index contributed by atoms with van der Waals surface area (Å²) >= 11 is 0. The summed E-state index contributed by atoms with van der Waals surface area (Å²) in [7, 11) is -69.0. The van der Waals surface area contributed by atoms with Gasteiger partial charge in [-0.2, -0.15) is 92.6 Å². The van der Waals surface area contributed by atoms with E-state index < -0.39 is 226 Å². The van der Waals surface area contributed by atoms with E-state index in [1.54, 1.807) is 0 Å². The summed E-state index contributed by atoms with van der Waals surface area (Å²) in [6.45, 7) is -6.42. The molecule has 15 atom stereocenters. The molecule has 0 aliphatic carbocycles. The Hall–Kier alpha value is -1.63. The monoisotopic (exact) mass is 1380 g/mol. The Morgan fingerprint density at radius 2 is 0.410 bits per heavy atom. The lowest BCUT2D eigenvalue weighted by atomic mass is 9.96. The van der Waals surface area contributed by atoms with Crippen molar-refractivity contribution in [2.45, 2.75) is 92.1 Å². The van der Waals surface area contributed by atoms with Crippen molar-refractivity contribution < 1.29 is 212 Å². The van der Waals surface area contributed by atoms with Gasteiger partial charge in [0.05, 0.1) is 19.8 Å². The molecular weight excluding hydrogens is 1350 g/mol. The maximum absolute atomic E-state index is 12.4. The molecule has 0 saturated carbocycles. The van der Waals surface area contributed by atoms with Gasteiger partial charge in [-0.25, -0.2) is 46.0 Å². The van der Waals surface area contributed by atoms with Crippen molar-refractivity contribution in [2.75, 3.05) is 19.8 Å². The fraction of sp³-hybridized carbons (Fsp3) is 1.00. The molecule has 0 aromatic heterocycles. The quantitative estimate of drug-likeness (QED) is 0.0310. The lowest BCUT2D eigenvalue weighted by molar-refractivity contribution is -0.382. The molecule has 0 aromatic rings. The summed E-state index contributed by atoms with van der Waals surface area (Å²) in [4.78, 5) is 0. The molecule has 0 radical (unpaired) electrons. The van der Waals surface area contributed by atoms with Gasteiger partial charge in [0.15, 0.2) is 37.2 Å². The summed E-state index contributed by atoms with van der Waals surface area (Å²) in [5, 5.41) is 0. The maximum Gasteiger partial charge on any atom is 0.397 e. The molecule has 0 spiro atoms. The summed E-state index contributed by atoms with van der Waals surface area (Å²) in [5.74, 6) is 0. The van der Waals surface area contributed by atoms with Crippen LogP contribution >= 0.6 is 0 Å². The highest BCUT2D eigenvalue weighted by Crippen LogP contribution is 2.40. The third-order valence-corrected chi connectivity index (χ3v) is 13.4. The molecule has 3 rings (SSSR count). The van der Waals surface area contributed by atoms with E-state index in [0.29, 0.717) is 0 Å². The molecule has 78 heavy (non-hydrogen) atoms. The zero-order valence-electron chi connectivity index (χ0n) is 35.7. The Kier molecular flexibility index (Phi) is 22.9. The average Bonchev–Trinajstić information content (AvgIpc) is 3.14. The first-order chi connectivity index (χ1) is 34.5. The predicted molar refractivity (Wildman–Crippen MR) is 216 cm³/mol. The van der Waals surface area contributed by atoms with Gasteiger partial charge >= 0.3 is 114 Å². The van der Waals surface area contributed by atoms with Crippen LogP contribution in [0.25, 0.3) is 0 Å². The van der Waals surface area contributed by atoms with Gasteiger partial charge in [0.25, 0.3) is 0 Å². The standard InChI is InChI=1S/C18H32O49S11/c19-68(20,21)52-1-4-7(58-16-14(66-77(46,47)48)11(63-74(37,38)39)8(60-71(28,29)30)5(56-16)2-53-69(22,23)24)10(62-73(34,35)36)13(65-76(43,44)45)17(55-4)59-18-15(67-78(49,50)51)12(64-75(40,41)42)9(61-72(31,32)33)6(57-18)3-54-70(25,26)27/h4-18H,1-3H2,(H,19,20,21)(H,22,23,24)(H,25,26,27)(H,28,29,30)(H,31,32,33)(H,34,35,36)(H,37,38,39)(H,40,41,42)(H,43,44,45)(H,46,47,48)(H,49,50,51)/t4-,5-,6-,7-,8-,9-,10+,11+,12+,13-,14-,15-,16+,17-,18-/m1/s1. The van der Waals surface area contributed by atoms with Gasteiger partial charge in [0.1, 0.15) is 54.9 Å². The number of ether oxygens (including phenoxy) is 5. The highest BCUT2D eigenvalue weighted by Gasteiger charge is 2.61. The van der Waals surface area contributed by atoms with Crippen molar-refractivity contribution >= 4 is 114 Å². The average molecular weight is 1390 g/mol. The molecule has 0 bridgehead atoms. The normalized spacial score (nSPS) is 31.9. The minimum Gasteiger partial charge on any atom is -0.341 e. The molecule has 464 valence electrons. The third-order valence-electron chi connectivity index (χ3n) is 8.34. The molecule has 3 heterocycles. The Bertz CT molecular complexity index is 3410. The molecule has 0 amide bonds. The molecule has 0 unspecified atom stereocenters. The van der Waals surface area contributed by atoms with Crippen LogP contribution in [0, 0.1) is 0 Å². The fourth-order valence-corrected chi connectivity index (χ4v) is 11.2. The van der Waals surface area contributed by atoms with E-state index in [1.165, 1.54) is 0 Å². The lowest BCUT2D eigenvalue weighted by Crippen LogP contribution is -2.68. The van der Waals surface area contributed by atoms with Crippen LogP contribution in [-0.2, 0) is 184 Å². The van der Waals surface area contributed by atoms with E-state index in [2.05, 4.69) is 46.0 Å². The van der Waals surface area contributed by atoms with Crippen LogP contribution in [0.5, 0.6) is 0 Å². The van der Waals surface area contributed by atoms with Gasteiger partial charge in [0, 0.05) is 0 Å². The zero-order chi connectivity index (χ0) is 60.6. The van der Waals surface area contributed by atoms with E-state index in [-0.39, 0.29) is 0 Å². The van der Waals surface area contributed by atoms with Crippen molar-refractivity contribution in [2.24, 2.45) is 0 Å². The Morgan fingerprint density at radius 1 is 0.231 bits per heavy atom. The second kappa shape index (κ2) is 25.3. The lowest BCUT2D eigenvalue weighted by Gasteiger charge is -2.49. The van der Waals surface area contributed by atoms with Gasteiger partial charge in [-0.1, -0.05) is 0 Å². The van der Waals surface area contributed by atoms with Crippen molar-refractivity contribution in [1.82, 2.24) is 0 Å². The SMILES string of the molecule is O=S(=O)(O)OC[C@H]1O[C@H](O[C@H]2O[C@H](COS(=O)(=O)O)[C@@H](OS(=O)(=O)O)[C@H](OS(=O)(=O)O)[C@H]2OS(=O)(=O)O)[C@H](OS(=O)(=O)O)[C@@H](OS(=O)(=O)O)[C@@H]1O[C@@H]1O[C@H](COS(=O)(=O)O)[C@@H](OS(=O)(=O)O)[C@H](OS(=O)(=O)O)[C@H]1OS(=O)(=O)O. The van der Waals surface area contributed by atoms with Gasteiger partial charge in [-0.05, 0) is 0 Å². The molecule has 49 nitrogen and oxygen atoms in total. The molecule has 3 aliphatic rings. The first kappa shape index (κ1) is 70.6. The summed E-state index contributed by atoms with van der Waals surface area (Å²) in [6, 6.07) is 0. The van der Waals surface area contributed by atoms with E-state index in [1.807, 2.05) is 0 Å². The van der Waals surface area contributed by atoms with Gasteiger partial charge < -0.3 is 23.7 Å². The largest absolute Gasteiger partial charge is 0.397 e.